The molecule has 0 saturated carbocycles. The molecule has 0 aliphatic carbocycles. The second-order valence-corrected chi connectivity index (χ2v) is 2.52. The van der Waals surface area contributed by atoms with Crippen LogP contribution < -0.4 is 0 Å². The molecule has 1 aromatic carbocycles. The number of hydrogen-bond donors (Lipinski definition) is 0. The van der Waals surface area contributed by atoms with Crippen LogP contribution in [0.3, 0.4) is 0 Å². The molecule has 0 amide bonds. The first-order chi connectivity index (χ1) is 6.86. The molecule has 2 aromatic rings. The topological polar surface area (TPSA) is 30.7 Å². The number of aromatic nitrogens is 3. The van der Waals surface area contributed by atoms with Gasteiger partial charge < -0.3 is 0 Å². The number of para-hydroxylation sites is 1. The van der Waals surface area contributed by atoms with Crippen molar-refractivity contribution in [2.24, 2.45) is 0 Å². The van der Waals surface area contributed by atoms with Crippen molar-refractivity contribution in [2.45, 2.75) is 6.92 Å². The van der Waals surface area contributed by atoms with Crippen molar-refractivity contribution in [3.8, 4) is 5.69 Å². The van der Waals surface area contributed by atoms with Gasteiger partial charge in [0.25, 0.3) is 0 Å². The molecule has 5 heteroatoms. The molecular weight excluding hydrogens is 292 g/mol. The van der Waals surface area contributed by atoms with Gasteiger partial charge in [0.1, 0.15) is 0 Å². The van der Waals surface area contributed by atoms with Gasteiger partial charge >= 0.3 is 27.7 Å². The zero-order valence-corrected chi connectivity index (χ0v) is 9.73. The van der Waals surface area contributed by atoms with Crippen molar-refractivity contribution < 1.29 is 18.2 Å². The van der Waals surface area contributed by atoms with E-state index in [-0.39, 0.29) is 0 Å². The van der Waals surface area contributed by atoms with Crippen LogP contribution in [0.25, 0.3) is 5.69 Å². The summed E-state index contributed by atoms with van der Waals surface area (Å²) in [6.45, 7) is 1.91. The van der Waals surface area contributed by atoms with Crippen LogP contribution in [0.4, 0.5) is 0 Å². The quantitative estimate of drug-likeness (QED) is 0.596. The molecule has 0 atom stereocenters. The maximum absolute atomic E-state index is 4.49. The molecule has 0 bridgehead atoms. The van der Waals surface area contributed by atoms with Gasteiger partial charge in [-0.3, -0.25) is 0 Å². The summed E-state index contributed by atoms with van der Waals surface area (Å²) in [6.07, 6.45) is 1.72. The van der Waals surface area contributed by atoms with E-state index in [1.54, 1.807) is 11.0 Å². The van der Waals surface area contributed by atoms with Crippen LogP contribution in [0.5, 0.6) is 0 Å². The first kappa shape index (κ1) is 11.4. The Morgan fingerprint density at radius 3 is 2.71 bits per heavy atom. The first-order valence-corrected chi connectivity index (χ1v) is 5.84. The van der Waals surface area contributed by atoms with Crippen LogP contribution in [0.1, 0.15) is 5.69 Å². The van der Waals surface area contributed by atoms with Gasteiger partial charge in [0.2, 0.25) is 0 Å². The van der Waals surface area contributed by atoms with Crippen LogP contribution >= 0.6 is 9.53 Å². The van der Waals surface area contributed by atoms with E-state index in [9.17, 15) is 0 Å². The van der Waals surface area contributed by atoms with Crippen LogP contribution in [0.15, 0.2) is 30.5 Å². The average Bonchev–Trinajstić information content (AvgIpc) is 2.69. The minimum atomic E-state index is 0.866. The molecular formula is C9H8ClN3Pd. The van der Waals surface area contributed by atoms with E-state index in [2.05, 4.69) is 44.0 Å². The van der Waals surface area contributed by atoms with E-state index >= 15 is 0 Å². The molecule has 0 N–H and O–H groups in total. The Balaban J connectivity index is 0.000000461. The van der Waals surface area contributed by atoms with Gasteiger partial charge in [0.15, 0.2) is 0 Å². The van der Waals surface area contributed by atoms with Crippen LogP contribution in [-0.2, 0) is 18.2 Å². The zero-order valence-electron chi connectivity index (χ0n) is 7.42. The van der Waals surface area contributed by atoms with E-state index in [1.807, 2.05) is 31.2 Å². The number of nitrogens with zero attached hydrogens (tertiary/aromatic N) is 3. The molecule has 0 spiro atoms. The third kappa shape index (κ3) is 2.92. The molecule has 3 nitrogen and oxygen atoms in total. The summed E-state index contributed by atoms with van der Waals surface area (Å²) in [7, 11) is 4.49. The Morgan fingerprint density at radius 1 is 1.43 bits per heavy atom. The number of halogens is 1. The second kappa shape index (κ2) is 5.92. The van der Waals surface area contributed by atoms with Crippen molar-refractivity contribution in [3.05, 3.63) is 42.2 Å². The van der Waals surface area contributed by atoms with Gasteiger partial charge in [-0.25, -0.2) is 0 Å². The summed E-state index contributed by atoms with van der Waals surface area (Å²) in [4.78, 5) is 1.56. The zero-order chi connectivity index (χ0) is 10.4. The van der Waals surface area contributed by atoms with Crippen LogP contribution in [0.2, 0.25) is 0 Å². The van der Waals surface area contributed by atoms with Gasteiger partial charge in [-0.2, -0.15) is 39.3 Å². The third-order valence-electron chi connectivity index (χ3n) is 1.51. The summed E-state index contributed by atoms with van der Waals surface area (Å²) in [5.74, 6) is 0. The van der Waals surface area contributed by atoms with E-state index < -0.39 is 0 Å². The predicted octanol–water partition coefficient (Wildman–Crippen LogP) is 2.06. The van der Waals surface area contributed by atoms with Gasteiger partial charge in [-0.15, -0.1) is 6.07 Å². The van der Waals surface area contributed by atoms with E-state index in [4.69, 9.17) is 0 Å². The summed E-state index contributed by atoms with van der Waals surface area (Å²) < 4.78 is 0. The molecule has 1 aromatic heterocycles. The molecule has 14 heavy (non-hydrogen) atoms. The Morgan fingerprint density at radius 2 is 2.21 bits per heavy atom. The maximum atomic E-state index is 4.49. The number of hydrogen-bond acceptors (Lipinski definition) is 2. The van der Waals surface area contributed by atoms with E-state index in [1.165, 1.54) is 0 Å². The van der Waals surface area contributed by atoms with Crippen LogP contribution in [-0.4, -0.2) is 15.0 Å². The normalized spacial score (nSPS) is 9.14. The van der Waals surface area contributed by atoms with Gasteiger partial charge in [-0.05, 0) is 12.6 Å². The summed E-state index contributed by atoms with van der Waals surface area (Å²) in [6, 6.07) is 10.6. The Hall–Kier alpha value is -0.688. The Bertz CT molecular complexity index is 375. The van der Waals surface area contributed by atoms with Crippen molar-refractivity contribution in [1.82, 2.24) is 15.0 Å². The molecule has 2 rings (SSSR count). The van der Waals surface area contributed by atoms with Crippen molar-refractivity contribution in [2.75, 3.05) is 0 Å². The molecule has 0 aliphatic heterocycles. The standard InChI is InChI=1S/C9H8N3.ClH.Pd/c1-8-7-10-12(11-8)9-5-3-2-4-6-9;;/h2-5,7H,1H3;1H;/q-1;;+2/p-1. The van der Waals surface area contributed by atoms with Gasteiger partial charge in [-0.1, -0.05) is 0 Å². The first-order valence-electron chi connectivity index (χ1n) is 3.84. The fraction of sp³-hybridized carbons (Fsp3) is 0.111. The summed E-state index contributed by atoms with van der Waals surface area (Å²) in [5.41, 5.74) is 1.78. The second-order valence-electron chi connectivity index (χ2n) is 2.52. The summed E-state index contributed by atoms with van der Waals surface area (Å²) >= 11 is 2.22. The third-order valence-corrected chi connectivity index (χ3v) is 1.51. The fourth-order valence-electron chi connectivity index (χ4n) is 0.964. The SMILES string of the molecule is Cc1cnn(-c2[c-]cccc2)n1.[Cl][Pd+]. The molecule has 76 valence electrons. The van der Waals surface area contributed by atoms with Gasteiger partial charge in [0, 0.05) is 0 Å². The molecule has 0 aliphatic rings. The average molecular weight is 300 g/mol. The molecule has 0 saturated heterocycles. The van der Waals surface area contributed by atoms with E-state index in [0.717, 1.165) is 11.4 Å². The van der Waals surface area contributed by atoms with E-state index in [0.29, 0.717) is 0 Å². The number of aryl methyl sites for hydroxylation is 1. The Kier molecular flexibility index (Phi) is 4.82. The van der Waals surface area contributed by atoms with Crippen molar-refractivity contribution >= 4 is 9.53 Å². The summed E-state index contributed by atoms with van der Waals surface area (Å²) in [5, 5.41) is 8.22. The van der Waals surface area contributed by atoms with Crippen molar-refractivity contribution in [3.63, 3.8) is 0 Å². The predicted molar refractivity (Wildman–Crippen MR) is 50.8 cm³/mol. The Labute approximate surface area is 97.5 Å². The van der Waals surface area contributed by atoms with Crippen LogP contribution in [0, 0.1) is 13.0 Å². The molecule has 0 fully saturated rings. The molecule has 0 radical (unpaired) electrons. The molecule has 1 heterocycles. The minimum absolute atomic E-state index is 0.866. The number of benzene rings is 1. The monoisotopic (exact) mass is 299 g/mol. The number of rotatable bonds is 1. The molecule has 0 unspecified atom stereocenters. The van der Waals surface area contributed by atoms with Gasteiger partial charge in [0.05, 0.1) is 11.9 Å². The van der Waals surface area contributed by atoms with Crippen molar-refractivity contribution in [1.29, 1.82) is 0 Å². The fourth-order valence-corrected chi connectivity index (χ4v) is 0.964.